The van der Waals surface area contributed by atoms with E-state index < -0.39 is 0 Å². The summed E-state index contributed by atoms with van der Waals surface area (Å²) in [5.41, 5.74) is 4.98. The largest absolute Gasteiger partial charge is 0.0738 e. The van der Waals surface area contributed by atoms with Gasteiger partial charge in [0.05, 0.1) is 0 Å². The highest BCUT2D eigenvalue weighted by atomic mass is 14.4. The molecule has 0 heteroatoms. The van der Waals surface area contributed by atoms with Crippen molar-refractivity contribution in [3.8, 4) is 0 Å². The van der Waals surface area contributed by atoms with Crippen LogP contribution in [0, 0.1) is 11.8 Å². The number of hydrogen-bond acceptors (Lipinski definition) is 0. The van der Waals surface area contributed by atoms with Crippen LogP contribution in [0.1, 0.15) is 51.0 Å². The van der Waals surface area contributed by atoms with Gasteiger partial charge in [0.1, 0.15) is 0 Å². The molecule has 3 rings (SSSR count). The maximum Gasteiger partial charge on any atom is -0.0241 e. The van der Waals surface area contributed by atoms with Gasteiger partial charge in [-0.05, 0) is 62.8 Å². The molecule has 2 aliphatic rings. The van der Waals surface area contributed by atoms with Gasteiger partial charge in [-0.2, -0.15) is 0 Å². The lowest BCUT2D eigenvalue weighted by molar-refractivity contribution is 0.457. The Bertz CT molecular complexity index is 413. The molecule has 2 fully saturated rings. The predicted molar refractivity (Wildman–Crippen MR) is 77.5 cm³/mol. The lowest BCUT2D eigenvalue weighted by Gasteiger charge is -2.08. The van der Waals surface area contributed by atoms with Gasteiger partial charge in [-0.25, -0.2) is 0 Å². The Hall–Kier alpha value is -1.04. The Morgan fingerprint density at radius 1 is 1.06 bits per heavy atom. The fourth-order valence-electron chi connectivity index (χ4n) is 3.87. The number of hydrogen-bond donors (Lipinski definition) is 0. The zero-order valence-electron chi connectivity index (χ0n) is 11.5. The second-order valence-corrected chi connectivity index (χ2v) is 6.23. The fourth-order valence-corrected chi connectivity index (χ4v) is 3.87. The summed E-state index contributed by atoms with van der Waals surface area (Å²) >= 11 is 0. The minimum absolute atomic E-state index is 1.05. The molecule has 0 N–H and O–H groups in total. The topological polar surface area (TPSA) is 0 Å². The van der Waals surface area contributed by atoms with Crippen LogP contribution in [0.3, 0.4) is 0 Å². The van der Waals surface area contributed by atoms with Gasteiger partial charge in [0, 0.05) is 0 Å². The van der Waals surface area contributed by atoms with Gasteiger partial charge in [0.25, 0.3) is 0 Å². The van der Waals surface area contributed by atoms with E-state index in [1.54, 1.807) is 11.1 Å². The molecule has 2 atom stereocenters. The summed E-state index contributed by atoms with van der Waals surface area (Å²) in [4.78, 5) is 0. The summed E-state index contributed by atoms with van der Waals surface area (Å²) in [5, 5.41) is 0. The predicted octanol–water partition coefficient (Wildman–Crippen LogP) is 5.15. The molecule has 2 unspecified atom stereocenters. The van der Waals surface area contributed by atoms with Gasteiger partial charge >= 0.3 is 0 Å². The van der Waals surface area contributed by atoms with Crippen LogP contribution in [0.5, 0.6) is 0 Å². The van der Waals surface area contributed by atoms with Gasteiger partial charge < -0.3 is 0 Å². The van der Waals surface area contributed by atoms with E-state index in [9.17, 15) is 0 Å². The van der Waals surface area contributed by atoms with Crippen molar-refractivity contribution < 1.29 is 0 Å². The Kier molecular flexibility index (Phi) is 3.54. The first-order chi connectivity index (χ1) is 8.83. The van der Waals surface area contributed by atoms with Gasteiger partial charge in [0.2, 0.25) is 0 Å². The van der Waals surface area contributed by atoms with Crippen molar-refractivity contribution in [2.75, 3.05) is 0 Å². The first-order valence-corrected chi connectivity index (χ1v) is 7.54. The van der Waals surface area contributed by atoms with Crippen LogP contribution in [0.25, 0.3) is 0 Å². The minimum atomic E-state index is 1.05. The van der Waals surface area contributed by atoms with Crippen molar-refractivity contribution in [1.82, 2.24) is 0 Å². The number of rotatable bonds is 3. The Balaban J connectivity index is 1.60. The molecular weight excluding hydrogens is 216 g/mol. The van der Waals surface area contributed by atoms with E-state index in [1.165, 1.54) is 50.5 Å². The van der Waals surface area contributed by atoms with Crippen molar-refractivity contribution >= 4 is 0 Å². The number of fused-ring (bicyclic) bond motifs is 1. The molecule has 0 nitrogen and oxygen atoms in total. The molecule has 0 spiro atoms. The van der Waals surface area contributed by atoms with Crippen molar-refractivity contribution in [2.45, 2.75) is 51.9 Å². The number of benzene rings is 1. The Morgan fingerprint density at radius 2 is 1.72 bits per heavy atom. The van der Waals surface area contributed by atoms with E-state index in [4.69, 9.17) is 0 Å². The van der Waals surface area contributed by atoms with Crippen LogP contribution in [-0.2, 0) is 6.42 Å². The van der Waals surface area contributed by atoms with Crippen molar-refractivity contribution in [3.05, 3.63) is 47.0 Å². The lowest BCUT2D eigenvalue weighted by atomic mass is 9.98. The minimum Gasteiger partial charge on any atom is -0.0738 e. The smallest absolute Gasteiger partial charge is 0.0241 e. The monoisotopic (exact) mass is 240 g/mol. The van der Waals surface area contributed by atoms with E-state index in [0.29, 0.717) is 0 Å². The van der Waals surface area contributed by atoms with E-state index in [1.807, 2.05) is 0 Å². The summed E-state index contributed by atoms with van der Waals surface area (Å²) in [6.07, 6.45) is 9.81. The van der Waals surface area contributed by atoms with Crippen LogP contribution in [0.15, 0.2) is 41.5 Å². The third-order valence-corrected chi connectivity index (χ3v) is 5.07. The van der Waals surface area contributed by atoms with Crippen LogP contribution in [0.4, 0.5) is 0 Å². The van der Waals surface area contributed by atoms with E-state index >= 15 is 0 Å². The molecule has 0 aliphatic heterocycles. The third kappa shape index (κ3) is 2.53. The first-order valence-electron chi connectivity index (χ1n) is 7.54. The van der Waals surface area contributed by atoms with Gasteiger partial charge in [-0.1, -0.05) is 47.9 Å². The third-order valence-electron chi connectivity index (χ3n) is 5.07. The first kappa shape index (κ1) is 12.0. The highest BCUT2D eigenvalue weighted by Gasteiger charge is 2.34. The Labute approximate surface area is 111 Å². The second-order valence-electron chi connectivity index (χ2n) is 6.23. The van der Waals surface area contributed by atoms with Crippen molar-refractivity contribution in [3.63, 3.8) is 0 Å². The maximum atomic E-state index is 2.37. The molecule has 0 heterocycles. The SMILES string of the molecule is CC(CCc1ccccc1)=C1CC2CCCC2C1. The van der Waals surface area contributed by atoms with Gasteiger partial charge in [-0.15, -0.1) is 0 Å². The summed E-state index contributed by atoms with van der Waals surface area (Å²) in [6.45, 7) is 2.37. The summed E-state index contributed by atoms with van der Waals surface area (Å²) in [5.74, 6) is 2.10. The molecule has 0 bridgehead atoms. The molecule has 0 radical (unpaired) electrons. The highest BCUT2D eigenvalue weighted by Crippen LogP contribution is 2.47. The van der Waals surface area contributed by atoms with Crippen LogP contribution < -0.4 is 0 Å². The molecule has 1 aromatic carbocycles. The van der Waals surface area contributed by atoms with E-state index in [-0.39, 0.29) is 0 Å². The molecule has 2 aliphatic carbocycles. The molecule has 96 valence electrons. The normalized spacial score (nSPS) is 26.4. The molecule has 0 aromatic heterocycles. The molecule has 2 saturated carbocycles. The van der Waals surface area contributed by atoms with E-state index in [2.05, 4.69) is 37.3 Å². The standard InChI is InChI=1S/C18H24/c1-14(10-11-15-6-3-2-4-7-15)18-12-16-8-5-9-17(16)13-18/h2-4,6-7,16-17H,5,8-13H2,1H3. The van der Waals surface area contributed by atoms with Crippen molar-refractivity contribution in [1.29, 1.82) is 0 Å². The van der Waals surface area contributed by atoms with E-state index in [0.717, 1.165) is 11.8 Å². The average molecular weight is 240 g/mol. The molecule has 0 saturated heterocycles. The molecule has 0 amide bonds. The van der Waals surface area contributed by atoms with Crippen LogP contribution >= 0.6 is 0 Å². The van der Waals surface area contributed by atoms with Gasteiger partial charge in [0.15, 0.2) is 0 Å². The zero-order valence-corrected chi connectivity index (χ0v) is 11.5. The fraction of sp³-hybridized carbons (Fsp3) is 0.556. The number of allylic oxidation sites excluding steroid dienone is 2. The summed E-state index contributed by atoms with van der Waals surface area (Å²) < 4.78 is 0. The van der Waals surface area contributed by atoms with Gasteiger partial charge in [-0.3, -0.25) is 0 Å². The zero-order chi connectivity index (χ0) is 12.4. The van der Waals surface area contributed by atoms with Crippen molar-refractivity contribution in [2.24, 2.45) is 11.8 Å². The molecule has 18 heavy (non-hydrogen) atoms. The second kappa shape index (κ2) is 5.30. The highest BCUT2D eigenvalue weighted by molar-refractivity contribution is 5.22. The molecular formula is C18H24. The number of aryl methyl sites for hydroxylation is 1. The maximum absolute atomic E-state index is 2.37. The quantitative estimate of drug-likeness (QED) is 0.641. The lowest BCUT2D eigenvalue weighted by Crippen LogP contribution is -1.95. The molecule has 1 aromatic rings. The average Bonchev–Trinajstić information content (AvgIpc) is 2.98. The summed E-state index contributed by atoms with van der Waals surface area (Å²) in [6, 6.07) is 10.9. The summed E-state index contributed by atoms with van der Waals surface area (Å²) in [7, 11) is 0. The Morgan fingerprint density at radius 3 is 2.39 bits per heavy atom. The van der Waals surface area contributed by atoms with Crippen LogP contribution in [0.2, 0.25) is 0 Å². The van der Waals surface area contributed by atoms with Crippen LogP contribution in [-0.4, -0.2) is 0 Å².